The highest BCUT2D eigenvalue weighted by Gasteiger charge is 2.45. The van der Waals surface area contributed by atoms with Gasteiger partial charge in [-0.1, -0.05) is 18.7 Å². The van der Waals surface area contributed by atoms with Gasteiger partial charge in [-0.25, -0.2) is 23.3 Å². The van der Waals surface area contributed by atoms with Gasteiger partial charge < -0.3 is 19.9 Å². The molecule has 4 rings (SSSR count). The third-order valence-electron chi connectivity index (χ3n) is 6.46. The second-order valence-corrected chi connectivity index (χ2v) is 8.87. The average molecular weight is 527 g/mol. The van der Waals surface area contributed by atoms with Crippen molar-refractivity contribution in [3.05, 3.63) is 72.8 Å². The van der Waals surface area contributed by atoms with E-state index < -0.39 is 18.4 Å². The molecule has 4 heterocycles. The van der Waals surface area contributed by atoms with E-state index in [1.807, 2.05) is 24.3 Å². The first kappa shape index (κ1) is 27.2. The molecule has 9 nitrogen and oxygen atoms in total. The van der Waals surface area contributed by atoms with Crippen molar-refractivity contribution in [3.63, 3.8) is 0 Å². The van der Waals surface area contributed by atoms with Gasteiger partial charge in [-0.15, -0.1) is 5.10 Å². The minimum absolute atomic E-state index is 0.149. The molecule has 202 valence electrons. The molecule has 0 amide bonds. The molecular formula is C27H32F2N6O3. The van der Waals surface area contributed by atoms with Crippen molar-refractivity contribution in [1.29, 1.82) is 0 Å². The van der Waals surface area contributed by atoms with Gasteiger partial charge in [0.1, 0.15) is 5.76 Å². The molecule has 2 N–H and O–H groups in total. The van der Waals surface area contributed by atoms with Crippen molar-refractivity contribution in [2.75, 3.05) is 52.3 Å². The molecule has 0 bridgehead atoms. The summed E-state index contributed by atoms with van der Waals surface area (Å²) >= 11 is 0. The molecule has 0 aliphatic carbocycles. The monoisotopic (exact) mass is 526 g/mol. The second-order valence-electron chi connectivity index (χ2n) is 8.87. The second kappa shape index (κ2) is 12.1. The van der Waals surface area contributed by atoms with E-state index in [0.29, 0.717) is 29.7 Å². The molecule has 3 aromatic heterocycles. The van der Waals surface area contributed by atoms with Crippen LogP contribution in [0.2, 0.25) is 0 Å². The first-order chi connectivity index (χ1) is 18.4. The highest BCUT2D eigenvalue weighted by molar-refractivity contribution is 5.70. The molecule has 1 aliphatic rings. The number of nitrogens with one attached hydrogen (secondary N) is 1. The minimum atomic E-state index is -2.96. The summed E-state index contributed by atoms with van der Waals surface area (Å²) in [6, 6.07) is 7.52. The van der Waals surface area contributed by atoms with E-state index in [1.165, 1.54) is 13.2 Å². The van der Waals surface area contributed by atoms with Crippen LogP contribution in [-0.4, -0.2) is 82.5 Å². The summed E-state index contributed by atoms with van der Waals surface area (Å²) in [5, 5.41) is 16.8. The number of aliphatic hydroxyl groups is 1. The van der Waals surface area contributed by atoms with Crippen molar-refractivity contribution in [2.45, 2.75) is 12.3 Å². The van der Waals surface area contributed by atoms with Gasteiger partial charge in [-0.05, 0) is 48.9 Å². The molecular weight excluding hydrogens is 494 g/mol. The van der Waals surface area contributed by atoms with Crippen LogP contribution in [0.4, 0.5) is 14.7 Å². The first-order valence-electron chi connectivity index (χ1n) is 12.3. The number of halogens is 2. The number of nitrogens with zero attached hydrogens (tertiary/aromatic N) is 5. The Labute approximate surface area is 220 Å². The third kappa shape index (κ3) is 6.00. The van der Waals surface area contributed by atoms with Crippen molar-refractivity contribution in [3.8, 4) is 17.1 Å². The Balaban J connectivity index is 1.54. The molecule has 1 fully saturated rings. The number of rotatable bonds is 11. The predicted octanol–water partition coefficient (Wildman–Crippen LogP) is 3.80. The Morgan fingerprint density at radius 3 is 2.84 bits per heavy atom. The van der Waals surface area contributed by atoms with E-state index in [4.69, 9.17) is 14.6 Å². The van der Waals surface area contributed by atoms with Crippen LogP contribution in [0.1, 0.15) is 6.42 Å². The molecule has 3 aromatic rings. The number of β-amino-alcohol motifs (C(OH)–C–C–N with tert-alkyl or cyclic N) is 1. The largest absolute Gasteiger partial charge is 0.499 e. The van der Waals surface area contributed by atoms with Crippen LogP contribution in [0, 0.1) is 5.92 Å². The fraction of sp³-hybridized carbons (Fsp3) is 0.370. The van der Waals surface area contributed by atoms with Gasteiger partial charge in [0, 0.05) is 12.7 Å². The van der Waals surface area contributed by atoms with Gasteiger partial charge in [0.25, 0.3) is 5.92 Å². The number of ether oxygens (including phenoxy) is 2. The molecule has 1 saturated heterocycles. The smallest absolute Gasteiger partial charge is 0.267 e. The van der Waals surface area contributed by atoms with E-state index in [2.05, 4.69) is 27.0 Å². The van der Waals surface area contributed by atoms with Gasteiger partial charge in [-0.2, -0.15) is 0 Å². The summed E-state index contributed by atoms with van der Waals surface area (Å²) in [4.78, 5) is 10.2. The number of piperidine rings is 1. The number of methoxy groups -OCH3 is 2. The normalized spacial score (nSPS) is 18.4. The Hall–Kier alpha value is -3.83. The standard InChI is InChI=1S/C27H32F2N6O3/c1-4-6-19(23-10-12-34(13-14-36)18-27(23,28)29)15-21(37-2)17-32-26-31-16-20-8-9-24(35(20)33-26)22-7-5-11-30-25(22)38-3/h4-9,11,15-16,23,36H,1,10,12-14,17-18H2,2-3H3,(H,32,33)/b19-6+,21-15+. The highest BCUT2D eigenvalue weighted by atomic mass is 19.3. The number of aliphatic hydroxyl groups excluding tert-OH is 1. The van der Waals surface area contributed by atoms with Crippen molar-refractivity contribution in [2.24, 2.45) is 5.92 Å². The minimum Gasteiger partial charge on any atom is -0.499 e. The molecule has 0 radical (unpaired) electrons. The summed E-state index contributed by atoms with van der Waals surface area (Å²) in [5.41, 5.74) is 2.77. The lowest BCUT2D eigenvalue weighted by atomic mass is 9.85. The van der Waals surface area contributed by atoms with Crippen LogP contribution in [0.25, 0.3) is 16.8 Å². The van der Waals surface area contributed by atoms with Gasteiger partial charge in [-0.3, -0.25) is 4.90 Å². The molecule has 0 saturated carbocycles. The van der Waals surface area contributed by atoms with E-state index >= 15 is 8.78 Å². The van der Waals surface area contributed by atoms with Crippen LogP contribution in [0.5, 0.6) is 5.88 Å². The van der Waals surface area contributed by atoms with Gasteiger partial charge >= 0.3 is 0 Å². The molecule has 1 unspecified atom stereocenters. The van der Waals surface area contributed by atoms with Gasteiger partial charge in [0.15, 0.2) is 0 Å². The fourth-order valence-corrected chi connectivity index (χ4v) is 4.62. The van der Waals surface area contributed by atoms with Crippen LogP contribution in [0.15, 0.2) is 72.8 Å². The lowest BCUT2D eigenvalue weighted by molar-refractivity contribution is -0.0987. The number of hydrogen-bond acceptors (Lipinski definition) is 8. The summed E-state index contributed by atoms with van der Waals surface area (Å²) in [7, 11) is 3.05. The average Bonchev–Trinajstić information content (AvgIpc) is 3.33. The maximum absolute atomic E-state index is 15.1. The topological polar surface area (TPSA) is 97.0 Å². The third-order valence-corrected chi connectivity index (χ3v) is 6.46. The van der Waals surface area contributed by atoms with E-state index in [1.54, 1.807) is 41.1 Å². The summed E-state index contributed by atoms with van der Waals surface area (Å²) < 4.78 is 42.7. The van der Waals surface area contributed by atoms with Crippen LogP contribution >= 0.6 is 0 Å². The fourth-order valence-electron chi connectivity index (χ4n) is 4.62. The number of allylic oxidation sites excluding steroid dienone is 4. The summed E-state index contributed by atoms with van der Waals surface area (Å²) in [6.07, 6.45) is 8.30. The number of likely N-dealkylation sites (tertiary alicyclic amines) is 1. The number of anilines is 1. The van der Waals surface area contributed by atoms with Crippen LogP contribution < -0.4 is 10.1 Å². The Kier molecular flexibility index (Phi) is 8.70. The molecule has 1 aliphatic heterocycles. The number of fused-ring (bicyclic) bond motifs is 1. The number of pyridine rings is 1. The molecule has 38 heavy (non-hydrogen) atoms. The SMILES string of the molecule is C=C/C=C(\C=C(/CNc1ncc2ccc(-c3cccnc3OC)n2n1)OC)C1CCN(CCO)CC1(F)F. The summed E-state index contributed by atoms with van der Waals surface area (Å²) in [6.45, 7) is 4.02. The van der Waals surface area contributed by atoms with Gasteiger partial charge in [0.05, 0.1) is 62.8 Å². The highest BCUT2D eigenvalue weighted by Crippen LogP contribution is 2.38. The molecule has 11 heteroatoms. The van der Waals surface area contributed by atoms with Gasteiger partial charge in [0.2, 0.25) is 11.8 Å². The predicted molar refractivity (Wildman–Crippen MR) is 141 cm³/mol. The van der Waals surface area contributed by atoms with Crippen molar-refractivity contribution in [1.82, 2.24) is 24.5 Å². The van der Waals surface area contributed by atoms with E-state index in [-0.39, 0.29) is 26.1 Å². The van der Waals surface area contributed by atoms with Crippen molar-refractivity contribution >= 4 is 11.5 Å². The van der Waals surface area contributed by atoms with Crippen molar-refractivity contribution < 1.29 is 23.4 Å². The molecule has 0 spiro atoms. The van der Waals surface area contributed by atoms with Crippen LogP contribution in [-0.2, 0) is 4.74 Å². The van der Waals surface area contributed by atoms with E-state index in [0.717, 1.165) is 16.8 Å². The molecule has 1 atom stereocenters. The van der Waals surface area contributed by atoms with E-state index in [9.17, 15) is 0 Å². The molecule has 0 aromatic carbocycles. The Morgan fingerprint density at radius 1 is 1.29 bits per heavy atom. The maximum Gasteiger partial charge on any atom is 0.267 e. The lowest BCUT2D eigenvalue weighted by Crippen LogP contribution is -2.49. The zero-order valence-corrected chi connectivity index (χ0v) is 21.5. The first-order valence-corrected chi connectivity index (χ1v) is 12.3. The number of hydrogen-bond donors (Lipinski definition) is 2. The zero-order chi connectivity index (χ0) is 27.1. The number of aromatic nitrogens is 4. The Bertz CT molecular complexity index is 1320. The zero-order valence-electron chi connectivity index (χ0n) is 21.5. The lowest BCUT2D eigenvalue weighted by Gasteiger charge is -2.38. The summed E-state index contributed by atoms with van der Waals surface area (Å²) in [5.74, 6) is -2.71. The van der Waals surface area contributed by atoms with Crippen LogP contribution in [0.3, 0.4) is 0 Å². The number of alkyl halides is 2. The Morgan fingerprint density at radius 2 is 2.13 bits per heavy atom. The maximum atomic E-state index is 15.1. The quantitative estimate of drug-likeness (QED) is 0.288.